The number of ether oxygens (including phenoxy) is 1. The molecule has 2 N–H and O–H groups in total. The fraction of sp³-hybridized carbons (Fsp3) is 0.333. The van der Waals surface area contributed by atoms with Gasteiger partial charge in [0.2, 0.25) is 0 Å². The molecule has 0 saturated heterocycles. The van der Waals surface area contributed by atoms with Gasteiger partial charge in [-0.05, 0) is 30.8 Å². The fourth-order valence-corrected chi connectivity index (χ4v) is 2.66. The highest BCUT2D eigenvalue weighted by atomic mass is 32.1. The summed E-state index contributed by atoms with van der Waals surface area (Å²) >= 11 is 5.08. The first-order valence-electron chi connectivity index (χ1n) is 6.82. The lowest BCUT2D eigenvalue weighted by atomic mass is 9.93. The average Bonchev–Trinajstić information content (AvgIpc) is 2.46. The monoisotopic (exact) mass is 326 g/mol. The Hall–Kier alpha value is -2.02. The van der Waals surface area contributed by atoms with Crippen LogP contribution in [-0.4, -0.2) is 18.2 Å². The van der Waals surface area contributed by atoms with Crippen molar-refractivity contribution >= 4 is 23.3 Å². The minimum Gasteiger partial charge on any atom is -0.466 e. The standard InChI is InChI=1S/C15H16F2N2O2S/c1-3-5-10-12(14(20)21-2)13(19-15(22)18-10)11-8(16)6-4-7-9(11)17/h4,6-7,13H,3,5H2,1-2H3,(H2,18,19,22)/t13-/m1/s1. The first-order chi connectivity index (χ1) is 10.5. The number of carbonyl (C=O) groups excluding carboxylic acids is 1. The molecule has 1 aromatic rings. The molecule has 0 spiro atoms. The Morgan fingerprint density at radius 1 is 1.36 bits per heavy atom. The van der Waals surface area contributed by atoms with E-state index in [-0.39, 0.29) is 16.2 Å². The SMILES string of the molecule is CCCC1=C(C(=O)OC)[C@@H](c2c(F)cccc2F)NC(=S)N1. The Labute approximate surface area is 132 Å². The van der Waals surface area contributed by atoms with Gasteiger partial charge in [-0.1, -0.05) is 19.4 Å². The number of benzene rings is 1. The molecule has 1 aromatic carbocycles. The molecule has 0 saturated carbocycles. The van der Waals surface area contributed by atoms with E-state index in [0.29, 0.717) is 12.1 Å². The molecule has 0 fully saturated rings. The predicted octanol–water partition coefficient (Wildman–Crippen LogP) is 2.71. The van der Waals surface area contributed by atoms with Crippen molar-refractivity contribution in [1.82, 2.24) is 10.6 Å². The van der Waals surface area contributed by atoms with Crippen LogP contribution in [0.2, 0.25) is 0 Å². The van der Waals surface area contributed by atoms with Gasteiger partial charge >= 0.3 is 5.97 Å². The van der Waals surface area contributed by atoms with Gasteiger partial charge in [0.15, 0.2) is 5.11 Å². The van der Waals surface area contributed by atoms with E-state index in [2.05, 4.69) is 10.6 Å². The van der Waals surface area contributed by atoms with Gasteiger partial charge in [-0.15, -0.1) is 0 Å². The third-order valence-corrected chi connectivity index (χ3v) is 3.57. The molecule has 1 atom stereocenters. The minimum atomic E-state index is -1.02. The van der Waals surface area contributed by atoms with Crippen molar-refractivity contribution in [2.45, 2.75) is 25.8 Å². The minimum absolute atomic E-state index is 0.141. The van der Waals surface area contributed by atoms with Crippen LogP contribution in [0, 0.1) is 11.6 Å². The van der Waals surface area contributed by atoms with E-state index in [4.69, 9.17) is 17.0 Å². The predicted molar refractivity (Wildman–Crippen MR) is 81.9 cm³/mol. The lowest BCUT2D eigenvalue weighted by Crippen LogP contribution is -2.46. The Bertz CT molecular complexity index is 626. The highest BCUT2D eigenvalue weighted by Crippen LogP contribution is 2.32. The summed E-state index contributed by atoms with van der Waals surface area (Å²) in [4.78, 5) is 12.1. The number of esters is 1. The van der Waals surface area contributed by atoms with Gasteiger partial charge < -0.3 is 15.4 Å². The summed E-state index contributed by atoms with van der Waals surface area (Å²) in [6.45, 7) is 1.92. The third kappa shape index (κ3) is 3.09. The number of hydrogen-bond donors (Lipinski definition) is 2. The van der Waals surface area contributed by atoms with E-state index in [0.717, 1.165) is 18.6 Å². The number of nitrogens with one attached hydrogen (secondary N) is 2. The molecular weight excluding hydrogens is 310 g/mol. The molecule has 0 amide bonds. The van der Waals surface area contributed by atoms with Crippen molar-refractivity contribution < 1.29 is 18.3 Å². The maximum atomic E-state index is 14.1. The summed E-state index contributed by atoms with van der Waals surface area (Å²) < 4.78 is 33.0. The van der Waals surface area contributed by atoms with Crippen molar-refractivity contribution in [3.63, 3.8) is 0 Å². The summed E-state index contributed by atoms with van der Waals surface area (Å²) in [5.74, 6) is -2.16. The summed E-state index contributed by atoms with van der Waals surface area (Å²) in [5.41, 5.74) is 0.410. The molecule has 1 heterocycles. The average molecular weight is 326 g/mol. The molecule has 1 aliphatic heterocycles. The van der Waals surface area contributed by atoms with Crippen molar-refractivity contribution in [3.8, 4) is 0 Å². The van der Waals surface area contributed by atoms with Crippen LogP contribution in [0.5, 0.6) is 0 Å². The van der Waals surface area contributed by atoms with E-state index < -0.39 is 23.6 Å². The molecule has 118 valence electrons. The molecular formula is C15H16F2N2O2S. The van der Waals surface area contributed by atoms with Crippen molar-refractivity contribution in [2.75, 3.05) is 7.11 Å². The smallest absolute Gasteiger partial charge is 0.337 e. The van der Waals surface area contributed by atoms with E-state index in [1.165, 1.54) is 13.2 Å². The van der Waals surface area contributed by atoms with Gasteiger partial charge in [0.25, 0.3) is 0 Å². The van der Waals surface area contributed by atoms with Gasteiger partial charge in [-0.25, -0.2) is 13.6 Å². The summed E-state index contributed by atoms with van der Waals surface area (Å²) in [6, 6.07) is 2.52. The highest BCUT2D eigenvalue weighted by molar-refractivity contribution is 7.80. The van der Waals surface area contributed by atoms with Crippen LogP contribution in [0.3, 0.4) is 0 Å². The van der Waals surface area contributed by atoms with E-state index >= 15 is 0 Å². The van der Waals surface area contributed by atoms with Crippen LogP contribution in [0.15, 0.2) is 29.5 Å². The molecule has 0 aromatic heterocycles. The summed E-state index contributed by atoms with van der Waals surface area (Å²) in [6.07, 6.45) is 1.25. The fourth-order valence-electron chi connectivity index (χ4n) is 2.42. The van der Waals surface area contributed by atoms with Crippen molar-refractivity contribution in [1.29, 1.82) is 0 Å². The molecule has 4 nitrogen and oxygen atoms in total. The second-order valence-electron chi connectivity index (χ2n) is 4.80. The van der Waals surface area contributed by atoms with Crippen molar-refractivity contribution in [3.05, 3.63) is 46.7 Å². The highest BCUT2D eigenvalue weighted by Gasteiger charge is 2.34. The Morgan fingerprint density at radius 3 is 2.55 bits per heavy atom. The molecule has 0 aliphatic carbocycles. The van der Waals surface area contributed by atoms with Crippen LogP contribution < -0.4 is 10.6 Å². The summed E-state index contributed by atoms with van der Waals surface area (Å²) in [5, 5.41) is 5.84. The maximum Gasteiger partial charge on any atom is 0.337 e. The van der Waals surface area contributed by atoms with Crippen LogP contribution >= 0.6 is 12.2 Å². The van der Waals surface area contributed by atoms with Crippen LogP contribution in [0.1, 0.15) is 31.4 Å². The molecule has 0 bridgehead atoms. The van der Waals surface area contributed by atoms with E-state index in [1.54, 1.807) is 0 Å². The normalized spacial score (nSPS) is 17.8. The zero-order valence-electron chi connectivity index (χ0n) is 12.2. The van der Waals surface area contributed by atoms with Gasteiger partial charge in [0, 0.05) is 5.70 Å². The molecule has 2 rings (SSSR count). The lowest BCUT2D eigenvalue weighted by Gasteiger charge is -2.31. The first kappa shape index (κ1) is 16.4. The van der Waals surface area contributed by atoms with Gasteiger partial charge in [0.05, 0.1) is 24.3 Å². The maximum absolute atomic E-state index is 14.1. The lowest BCUT2D eigenvalue weighted by molar-refractivity contribution is -0.136. The number of hydrogen-bond acceptors (Lipinski definition) is 3. The number of thiocarbonyl (C=S) groups is 1. The Balaban J connectivity index is 2.62. The van der Waals surface area contributed by atoms with Gasteiger partial charge in [-0.2, -0.15) is 0 Å². The first-order valence-corrected chi connectivity index (χ1v) is 7.23. The molecule has 0 radical (unpaired) electrons. The molecule has 7 heteroatoms. The van der Waals surface area contributed by atoms with Crippen LogP contribution in [-0.2, 0) is 9.53 Å². The van der Waals surface area contributed by atoms with Crippen LogP contribution in [0.25, 0.3) is 0 Å². The Morgan fingerprint density at radius 2 is 2.00 bits per heavy atom. The largest absolute Gasteiger partial charge is 0.466 e. The van der Waals surface area contributed by atoms with Gasteiger partial charge in [0.1, 0.15) is 11.6 Å². The topological polar surface area (TPSA) is 50.4 Å². The van der Waals surface area contributed by atoms with E-state index in [9.17, 15) is 13.6 Å². The van der Waals surface area contributed by atoms with Gasteiger partial charge in [-0.3, -0.25) is 0 Å². The number of rotatable bonds is 4. The number of allylic oxidation sites excluding steroid dienone is 1. The quantitative estimate of drug-likeness (QED) is 0.658. The number of carbonyl (C=O) groups is 1. The zero-order valence-corrected chi connectivity index (χ0v) is 13.0. The molecule has 1 aliphatic rings. The Kier molecular flexibility index (Phi) is 5.07. The second kappa shape index (κ2) is 6.83. The van der Waals surface area contributed by atoms with E-state index in [1.807, 2.05) is 6.92 Å². The molecule has 0 unspecified atom stereocenters. The van der Waals surface area contributed by atoms with Crippen molar-refractivity contribution in [2.24, 2.45) is 0 Å². The number of methoxy groups -OCH3 is 1. The summed E-state index contributed by atoms with van der Waals surface area (Å²) in [7, 11) is 1.22. The van der Waals surface area contributed by atoms with Crippen LogP contribution in [0.4, 0.5) is 8.78 Å². The molecule has 22 heavy (non-hydrogen) atoms. The second-order valence-corrected chi connectivity index (χ2v) is 5.21. The third-order valence-electron chi connectivity index (χ3n) is 3.35. The zero-order chi connectivity index (χ0) is 16.3. The number of halogens is 2.